The molecule has 20 heavy (non-hydrogen) atoms. The molecule has 2 N–H and O–H groups in total. The topological polar surface area (TPSA) is 102 Å². The lowest BCUT2D eigenvalue weighted by molar-refractivity contribution is -0.155. The van der Waals surface area contributed by atoms with Crippen molar-refractivity contribution in [2.45, 2.75) is 51.7 Å². The fraction of sp³-hybridized carbons (Fsp3) is 0.917. The standard InChI is InChI=1S/C12H23O7P/c1-9(2)7-18-12(13)8-17-10-5-3-4-6-11(10)19-20(14,15)16/h9-11H,3-8H2,1-2H3,(H2,14,15,16)/t10-,11+/m1/s1. The van der Waals surface area contributed by atoms with Crippen molar-refractivity contribution in [1.29, 1.82) is 0 Å². The van der Waals surface area contributed by atoms with Crippen LogP contribution in [0.1, 0.15) is 39.5 Å². The van der Waals surface area contributed by atoms with Gasteiger partial charge in [0.15, 0.2) is 0 Å². The molecular weight excluding hydrogens is 287 g/mol. The molecule has 1 aliphatic rings. The lowest BCUT2D eigenvalue weighted by Crippen LogP contribution is -2.35. The Morgan fingerprint density at radius 2 is 1.85 bits per heavy atom. The zero-order valence-electron chi connectivity index (χ0n) is 11.9. The second-order valence-electron chi connectivity index (χ2n) is 5.35. The summed E-state index contributed by atoms with van der Waals surface area (Å²) in [6.07, 6.45) is 1.67. The van der Waals surface area contributed by atoms with E-state index in [0.29, 0.717) is 19.4 Å². The molecule has 0 unspecified atom stereocenters. The number of phosphoric acid groups is 1. The highest BCUT2D eigenvalue weighted by Gasteiger charge is 2.32. The Kier molecular flexibility index (Phi) is 7.12. The third-order valence-electron chi connectivity index (χ3n) is 2.91. The number of rotatable bonds is 7. The highest BCUT2D eigenvalue weighted by atomic mass is 31.2. The lowest BCUT2D eigenvalue weighted by atomic mass is 9.95. The van der Waals surface area contributed by atoms with Gasteiger partial charge in [-0.05, 0) is 18.8 Å². The van der Waals surface area contributed by atoms with Gasteiger partial charge in [-0.3, -0.25) is 4.52 Å². The molecule has 7 nitrogen and oxygen atoms in total. The number of hydrogen-bond acceptors (Lipinski definition) is 5. The van der Waals surface area contributed by atoms with Gasteiger partial charge in [0.25, 0.3) is 0 Å². The average Bonchev–Trinajstić information content (AvgIpc) is 2.33. The second-order valence-corrected chi connectivity index (χ2v) is 6.54. The molecule has 0 bridgehead atoms. The molecule has 0 aromatic rings. The Hall–Kier alpha value is -0.460. The van der Waals surface area contributed by atoms with Crippen LogP contribution in [0.15, 0.2) is 0 Å². The summed E-state index contributed by atoms with van der Waals surface area (Å²) in [5.41, 5.74) is 0. The van der Waals surface area contributed by atoms with Crippen molar-refractivity contribution in [2.75, 3.05) is 13.2 Å². The van der Waals surface area contributed by atoms with Gasteiger partial charge in [-0.25, -0.2) is 9.36 Å². The number of carbonyl (C=O) groups is 1. The summed E-state index contributed by atoms with van der Waals surface area (Å²) in [5.74, 6) is -0.224. The summed E-state index contributed by atoms with van der Waals surface area (Å²) in [6.45, 7) is 3.96. The SMILES string of the molecule is CC(C)COC(=O)CO[C@@H]1CCCC[C@@H]1OP(=O)(O)O. The Labute approximate surface area is 118 Å². The van der Waals surface area contributed by atoms with E-state index in [1.807, 2.05) is 13.8 Å². The molecule has 8 heteroatoms. The molecule has 1 saturated carbocycles. The van der Waals surface area contributed by atoms with E-state index in [2.05, 4.69) is 0 Å². The van der Waals surface area contributed by atoms with Crippen LogP contribution in [-0.4, -0.2) is 41.2 Å². The highest BCUT2D eigenvalue weighted by Crippen LogP contribution is 2.41. The lowest BCUT2D eigenvalue weighted by Gasteiger charge is -2.30. The van der Waals surface area contributed by atoms with E-state index >= 15 is 0 Å². The van der Waals surface area contributed by atoms with Crippen LogP contribution in [0.5, 0.6) is 0 Å². The van der Waals surface area contributed by atoms with Gasteiger partial charge in [-0.2, -0.15) is 0 Å². The molecule has 0 aliphatic heterocycles. The van der Waals surface area contributed by atoms with Crippen LogP contribution in [-0.2, 0) is 23.4 Å². The summed E-state index contributed by atoms with van der Waals surface area (Å²) in [4.78, 5) is 29.1. The first-order valence-electron chi connectivity index (χ1n) is 6.79. The van der Waals surface area contributed by atoms with Crippen molar-refractivity contribution in [3.8, 4) is 0 Å². The van der Waals surface area contributed by atoms with Gasteiger partial charge in [0.1, 0.15) is 6.61 Å². The van der Waals surface area contributed by atoms with Crippen LogP contribution in [0, 0.1) is 5.92 Å². The molecule has 0 spiro atoms. The average molecular weight is 310 g/mol. The first-order valence-corrected chi connectivity index (χ1v) is 8.32. The summed E-state index contributed by atoms with van der Waals surface area (Å²) < 4.78 is 26.0. The normalized spacial score (nSPS) is 23.9. The van der Waals surface area contributed by atoms with Gasteiger partial charge in [-0.15, -0.1) is 0 Å². The molecule has 0 aromatic heterocycles. The number of ether oxygens (including phenoxy) is 2. The molecule has 0 radical (unpaired) electrons. The summed E-state index contributed by atoms with van der Waals surface area (Å²) >= 11 is 0. The fourth-order valence-electron chi connectivity index (χ4n) is 2.03. The molecule has 0 saturated heterocycles. The Morgan fingerprint density at radius 3 is 2.40 bits per heavy atom. The smallest absolute Gasteiger partial charge is 0.464 e. The van der Waals surface area contributed by atoms with Crippen molar-refractivity contribution in [3.05, 3.63) is 0 Å². The van der Waals surface area contributed by atoms with Crippen LogP contribution in [0.2, 0.25) is 0 Å². The van der Waals surface area contributed by atoms with E-state index in [1.165, 1.54) is 0 Å². The molecule has 1 fully saturated rings. The first-order chi connectivity index (χ1) is 9.28. The molecule has 0 aromatic carbocycles. The van der Waals surface area contributed by atoms with E-state index in [-0.39, 0.29) is 12.5 Å². The van der Waals surface area contributed by atoms with Crippen LogP contribution >= 0.6 is 7.82 Å². The van der Waals surface area contributed by atoms with E-state index in [9.17, 15) is 9.36 Å². The maximum Gasteiger partial charge on any atom is 0.469 e. The third-order valence-corrected chi connectivity index (χ3v) is 3.45. The molecule has 2 atom stereocenters. The Balaban J connectivity index is 2.39. The Bertz CT molecular complexity index is 352. The zero-order chi connectivity index (χ0) is 15.2. The second kappa shape index (κ2) is 8.10. The monoisotopic (exact) mass is 310 g/mol. The number of esters is 1. The summed E-state index contributed by atoms with van der Waals surface area (Å²) in [7, 11) is -4.54. The largest absolute Gasteiger partial charge is 0.469 e. The van der Waals surface area contributed by atoms with E-state index in [4.69, 9.17) is 23.8 Å². The molecule has 118 valence electrons. The van der Waals surface area contributed by atoms with Crippen molar-refractivity contribution in [2.24, 2.45) is 5.92 Å². The maximum atomic E-state index is 11.4. The summed E-state index contributed by atoms with van der Waals surface area (Å²) in [5, 5.41) is 0. The number of hydrogen-bond donors (Lipinski definition) is 2. The molecule has 0 amide bonds. The van der Waals surface area contributed by atoms with Crippen molar-refractivity contribution >= 4 is 13.8 Å². The minimum atomic E-state index is -4.54. The molecule has 1 aliphatic carbocycles. The van der Waals surface area contributed by atoms with Crippen LogP contribution in [0.4, 0.5) is 0 Å². The van der Waals surface area contributed by atoms with Gasteiger partial charge in [-0.1, -0.05) is 26.7 Å². The molecule has 1 rings (SSSR count). The maximum absolute atomic E-state index is 11.4. The van der Waals surface area contributed by atoms with Crippen LogP contribution in [0.3, 0.4) is 0 Å². The van der Waals surface area contributed by atoms with Gasteiger partial charge >= 0.3 is 13.8 Å². The van der Waals surface area contributed by atoms with Gasteiger partial charge in [0, 0.05) is 0 Å². The van der Waals surface area contributed by atoms with Crippen molar-refractivity contribution < 1.29 is 33.1 Å². The first kappa shape index (κ1) is 17.6. The minimum absolute atomic E-state index is 0.224. The molecule has 0 heterocycles. The predicted octanol–water partition coefficient (Wildman–Crippen LogP) is 1.62. The van der Waals surface area contributed by atoms with E-state index in [0.717, 1.165) is 12.8 Å². The van der Waals surface area contributed by atoms with Gasteiger partial charge < -0.3 is 19.3 Å². The van der Waals surface area contributed by atoms with Crippen LogP contribution in [0.25, 0.3) is 0 Å². The van der Waals surface area contributed by atoms with E-state index < -0.39 is 26.0 Å². The number of phosphoric ester groups is 1. The minimum Gasteiger partial charge on any atom is -0.464 e. The fourth-order valence-corrected chi connectivity index (χ4v) is 2.62. The summed E-state index contributed by atoms with van der Waals surface area (Å²) in [6, 6.07) is 0. The van der Waals surface area contributed by atoms with E-state index in [1.54, 1.807) is 0 Å². The zero-order valence-corrected chi connectivity index (χ0v) is 12.8. The number of carbonyl (C=O) groups excluding carboxylic acids is 1. The molecular formula is C12H23O7P. The predicted molar refractivity (Wildman–Crippen MR) is 70.9 cm³/mol. The van der Waals surface area contributed by atoms with Gasteiger partial charge in [0.2, 0.25) is 0 Å². The highest BCUT2D eigenvalue weighted by molar-refractivity contribution is 7.46. The van der Waals surface area contributed by atoms with Crippen molar-refractivity contribution in [1.82, 2.24) is 0 Å². The Morgan fingerprint density at radius 1 is 1.25 bits per heavy atom. The van der Waals surface area contributed by atoms with Gasteiger partial charge in [0.05, 0.1) is 18.8 Å². The quantitative estimate of drug-likeness (QED) is 0.544. The van der Waals surface area contributed by atoms with Crippen LogP contribution < -0.4 is 0 Å². The third kappa shape index (κ3) is 7.36. The van der Waals surface area contributed by atoms with Crippen molar-refractivity contribution in [3.63, 3.8) is 0 Å².